The monoisotopic (exact) mass is 289 g/mol. The van der Waals surface area contributed by atoms with Gasteiger partial charge in [0, 0.05) is 18.5 Å². The highest BCUT2D eigenvalue weighted by Crippen LogP contribution is 2.24. The Morgan fingerprint density at radius 2 is 2.29 bits per heavy atom. The first-order chi connectivity index (χ1) is 10.0. The lowest BCUT2D eigenvalue weighted by Crippen LogP contribution is -2.23. The fraction of sp³-hybridized carbons (Fsp3) is 0.438. The van der Waals surface area contributed by atoms with E-state index in [0.29, 0.717) is 11.5 Å². The Morgan fingerprint density at radius 3 is 2.95 bits per heavy atom. The third-order valence-corrected chi connectivity index (χ3v) is 4.19. The molecule has 2 heterocycles. The molecule has 5 nitrogen and oxygen atoms in total. The zero-order valence-electron chi connectivity index (χ0n) is 12.0. The van der Waals surface area contributed by atoms with Crippen molar-refractivity contribution in [2.24, 2.45) is 5.92 Å². The summed E-state index contributed by atoms with van der Waals surface area (Å²) in [6.07, 6.45) is 0.763. The van der Waals surface area contributed by atoms with Gasteiger partial charge in [-0.2, -0.15) is 0 Å². The first kappa shape index (κ1) is 14.1. The van der Waals surface area contributed by atoms with Gasteiger partial charge in [0.2, 0.25) is 5.76 Å². The Balaban J connectivity index is 1.74. The lowest BCUT2D eigenvalue weighted by Gasteiger charge is -2.17. The summed E-state index contributed by atoms with van der Waals surface area (Å²) in [4.78, 5) is 13.2. The molecule has 2 unspecified atom stereocenters. The van der Waals surface area contributed by atoms with Gasteiger partial charge >= 0.3 is 5.97 Å². The van der Waals surface area contributed by atoms with Crippen molar-refractivity contribution in [3.05, 3.63) is 35.6 Å². The number of aliphatic hydroxyl groups is 1. The SMILES string of the molecule is CC(O)C1CCN(Cc2ccc3oc(C(=O)O)cc3c2)C1. The average molecular weight is 289 g/mol. The number of fused-ring (bicyclic) bond motifs is 1. The molecule has 0 aliphatic carbocycles. The van der Waals surface area contributed by atoms with Crippen LogP contribution in [0.1, 0.15) is 29.5 Å². The second-order valence-corrected chi connectivity index (χ2v) is 5.81. The summed E-state index contributed by atoms with van der Waals surface area (Å²) >= 11 is 0. The van der Waals surface area contributed by atoms with E-state index in [-0.39, 0.29) is 11.9 Å². The summed E-state index contributed by atoms with van der Waals surface area (Å²) in [5, 5.41) is 19.4. The third-order valence-electron chi connectivity index (χ3n) is 4.19. The molecule has 2 N–H and O–H groups in total. The van der Waals surface area contributed by atoms with Crippen LogP contribution in [0.2, 0.25) is 0 Å². The van der Waals surface area contributed by atoms with Crippen LogP contribution < -0.4 is 0 Å². The molecule has 3 rings (SSSR count). The molecular weight excluding hydrogens is 270 g/mol. The molecule has 2 aromatic rings. The van der Waals surface area contributed by atoms with Crippen LogP contribution in [0.15, 0.2) is 28.7 Å². The molecule has 1 aromatic carbocycles. The van der Waals surface area contributed by atoms with Gasteiger partial charge in [-0.15, -0.1) is 0 Å². The largest absolute Gasteiger partial charge is 0.475 e. The van der Waals surface area contributed by atoms with Crippen molar-refractivity contribution in [3.8, 4) is 0 Å². The molecule has 1 aliphatic rings. The fourth-order valence-electron chi connectivity index (χ4n) is 2.95. The number of rotatable bonds is 4. The normalized spacial score (nSPS) is 21.0. The van der Waals surface area contributed by atoms with Crippen LogP contribution in [-0.2, 0) is 6.54 Å². The van der Waals surface area contributed by atoms with E-state index in [1.54, 1.807) is 6.07 Å². The number of nitrogens with zero attached hydrogens (tertiary/aromatic N) is 1. The molecule has 0 radical (unpaired) electrons. The number of aromatic carboxylic acids is 1. The summed E-state index contributed by atoms with van der Waals surface area (Å²) in [6.45, 7) is 4.55. The molecule has 1 fully saturated rings. The van der Waals surface area contributed by atoms with Gasteiger partial charge < -0.3 is 14.6 Å². The number of benzene rings is 1. The van der Waals surface area contributed by atoms with E-state index >= 15 is 0 Å². The maximum atomic E-state index is 10.9. The zero-order valence-corrected chi connectivity index (χ0v) is 12.0. The number of carboxylic acid groups (broad SMARTS) is 1. The van der Waals surface area contributed by atoms with E-state index < -0.39 is 5.97 Å². The Hall–Kier alpha value is -1.85. The Kier molecular flexibility index (Phi) is 3.69. The van der Waals surface area contributed by atoms with Crippen molar-refractivity contribution in [1.29, 1.82) is 0 Å². The lowest BCUT2D eigenvalue weighted by molar-refractivity contribution is 0.0665. The average Bonchev–Trinajstić information content (AvgIpc) is 3.04. The van der Waals surface area contributed by atoms with Crippen molar-refractivity contribution in [1.82, 2.24) is 4.90 Å². The first-order valence-electron chi connectivity index (χ1n) is 7.19. The number of carbonyl (C=O) groups is 1. The van der Waals surface area contributed by atoms with E-state index in [0.717, 1.165) is 37.0 Å². The van der Waals surface area contributed by atoms with Crippen LogP contribution >= 0.6 is 0 Å². The van der Waals surface area contributed by atoms with Crippen molar-refractivity contribution < 1.29 is 19.4 Å². The smallest absolute Gasteiger partial charge is 0.371 e. The minimum absolute atomic E-state index is 0.0301. The third kappa shape index (κ3) is 2.94. The van der Waals surface area contributed by atoms with E-state index in [1.165, 1.54) is 0 Å². The van der Waals surface area contributed by atoms with Gasteiger partial charge in [-0.25, -0.2) is 4.79 Å². The zero-order chi connectivity index (χ0) is 15.0. The highest BCUT2D eigenvalue weighted by Gasteiger charge is 2.25. The van der Waals surface area contributed by atoms with Crippen LogP contribution in [0.4, 0.5) is 0 Å². The predicted octanol–water partition coefficient (Wildman–Crippen LogP) is 2.33. The van der Waals surface area contributed by atoms with Crippen molar-refractivity contribution in [2.45, 2.75) is 26.0 Å². The Bertz CT molecular complexity index is 661. The summed E-state index contributed by atoms with van der Waals surface area (Å²) in [5.74, 6) is -0.731. The molecule has 1 aromatic heterocycles. The number of carboxylic acids is 1. The van der Waals surface area contributed by atoms with Crippen LogP contribution in [0.5, 0.6) is 0 Å². The number of hydrogen-bond acceptors (Lipinski definition) is 4. The maximum Gasteiger partial charge on any atom is 0.371 e. The number of likely N-dealkylation sites (tertiary alicyclic amines) is 1. The van der Waals surface area contributed by atoms with Gasteiger partial charge in [0.1, 0.15) is 5.58 Å². The van der Waals surface area contributed by atoms with Gasteiger partial charge in [0.05, 0.1) is 6.10 Å². The van der Waals surface area contributed by atoms with E-state index in [4.69, 9.17) is 9.52 Å². The quantitative estimate of drug-likeness (QED) is 0.903. The summed E-state index contributed by atoms with van der Waals surface area (Å²) < 4.78 is 5.26. The Morgan fingerprint density at radius 1 is 1.48 bits per heavy atom. The second kappa shape index (κ2) is 5.50. The van der Waals surface area contributed by atoms with Crippen molar-refractivity contribution in [2.75, 3.05) is 13.1 Å². The molecule has 0 bridgehead atoms. The molecule has 1 saturated heterocycles. The molecule has 112 valence electrons. The predicted molar refractivity (Wildman–Crippen MR) is 78.2 cm³/mol. The highest BCUT2D eigenvalue weighted by molar-refractivity contribution is 5.91. The maximum absolute atomic E-state index is 10.9. The molecule has 2 atom stereocenters. The molecule has 0 saturated carbocycles. The fourth-order valence-corrected chi connectivity index (χ4v) is 2.95. The Labute approximate surface area is 122 Å². The number of aliphatic hydroxyl groups excluding tert-OH is 1. The van der Waals surface area contributed by atoms with Crippen LogP contribution in [0.3, 0.4) is 0 Å². The van der Waals surface area contributed by atoms with Crippen LogP contribution in [0, 0.1) is 5.92 Å². The van der Waals surface area contributed by atoms with Crippen LogP contribution in [0.25, 0.3) is 11.0 Å². The number of furan rings is 1. The molecule has 21 heavy (non-hydrogen) atoms. The summed E-state index contributed by atoms with van der Waals surface area (Å²) in [6, 6.07) is 7.32. The molecule has 0 amide bonds. The van der Waals surface area contributed by atoms with Gasteiger partial charge in [-0.3, -0.25) is 4.90 Å². The van der Waals surface area contributed by atoms with E-state index in [1.807, 2.05) is 25.1 Å². The van der Waals surface area contributed by atoms with E-state index in [9.17, 15) is 9.90 Å². The topological polar surface area (TPSA) is 73.9 Å². The lowest BCUT2D eigenvalue weighted by atomic mass is 10.0. The second-order valence-electron chi connectivity index (χ2n) is 5.81. The summed E-state index contributed by atoms with van der Waals surface area (Å²) in [5.41, 5.74) is 1.73. The number of hydrogen-bond donors (Lipinski definition) is 2. The van der Waals surface area contributed by atoms with Crippen molar-refractivity contribution in [3.63, 3.8) is 0 Å². The van der Waals surface area contributed by atoms with Crippen LogP contribution in [-0.4, -0.2) is 40.3 Å². The van der Waals surface area contributed by atoms with Gasteiger partial charge in [-0.05, 0) is 49.6 Å². The van der Waals surface area contributed by atoms with Gasteiger partial charge in [0.25, 0.3) is 0 Å². The molecule has 5 heteroatoms. The molecular formula is C16H19NO4. The first-order valence-corrected chi connectivity index (χ1v) is 7.19. The summed E-state index contributed by atoms with van der Waals surface area (Å²) in [7, 11) is 0. The highest BCUT2D eigenvalue weighted by atomic mass is 16.4. The standard InChI is InChI=1S/C16H19NO4/c1-10(18)12-4-5-17(9-12)8-11-2-3-14-13(6-11)7-15(21-14)16(19)20/h2-3,6-7,10,12,18H,4-5,8-9H2,1H3,(H,19,20). The van der Waals surface area contributed by atoms with Crippen molar-refractivity contribution >= 4 is 16.9 Å². The molecule has 1 aliphatic heterocycles. The minimum Gasteiger partial charge on any atom is -0.475 e. The van der Waals surface area contributed by atoms with Gasteiger partial charge in [0.15, 0.2) is 0 Å². The molecule has 0 spiro atoms. The van der Waals surface area contributed by atoms with E-state index in [2.05, 4.69) is 4.90 Å². The van der Waals surface area contributed by atoms with Gasteiger partial charge in [-0.1, -0.05) is 6.07 Å². The minimum atomic E-state index is -1.05.